The number of hydrogen-bond acceptors (Lipinski definition) is 16. The molecule has 0 aromatic heterocycles. The Morgan fingerprint density at radius 2 is 0.474 bits per heavy atom. The summed E-state index contributed by atoms with van der Waals surface area (Å²) in [5.41, 5.74) is -4.00. The number of aliphatic hydroxyl groups is 7. The first-order valence-electron chi connectivity index (χ1n) is 24.9. The second-order valence-corrected chi connectivity index (χ2v) is 28.1. The molecule has 429 valence electrons. The summed E-state index contributed by atoms with van der Waals surface area (Å²) in [7, 11) is -5.15. The molecular formula is C52H103Ac5Na2O16P. The molecule has 16 nitrogen and oxygen atoms in total. The van der Waals surface area contributed by atoms with E-state index in [-0.39, 0.29) is 361 Å². The monoisotopic (exact) mass is 2200 g/mol. The molecule has 5 heterocycles. The van der Waals surface area contributed by atoms with Crippen LogP contribution in [0.5, 0.6) is 0 Å². The summed E-state index contributed by atoms with van der Waals surface area (Å²) in [6, 6.07) is 0. The van der Waals surface area contributed by atoms with Crippen LogP contribution in [0.1, 0.15) is 187 Å². The van der Waals surface area contributed by atoms with E-state index in [1.54, 1.807) is 20.8 Å². The number of hydrogen-bond donors (Lipinski definition) is 7. The van der Waals surface area contributed by atoms with Gasteiger partial charge in [0.25, 0.3) is 0 Å². The molecule has 0 spiro atoms. The van der Waals surface area contributed by atoms with Crippen LogP contribution in [0, 0.1) is 274 Å². The van der Waals surface area contributed by atoms with E-state index >= 15 is 0 Å². The first kappa shape index (κ1) is 98.4. The zero-order valence-electron chi connectivity index (χ0n) is 52.8. The van der Waals surface area contributed by atoms with Gasteiger partial charge >= 0.3 is 59.1 Å². The van der Waals surface area contributed by atoms with Crippen molar-refractivity contribution < 1.29 is 358 Å². The van der Waals surface area contributed by atoms with Crippen molar-refractivity contribution in [2.45, 2.75) is 279 Å². The fraction of sp³-hybridized carbons (Fsp3) is 1.00. The largest absolute Gasteiger partial charge is 1.00 e. The maximum atomic E-state index is 10.7. The van der Waals surface area contributed by atoms with Crippen LogP contribution in [0.2, 0.25) is 0 Å². The average molecular weight is 2200 g/mol. The molecule has 0 saturated carbocycles. The van der Waals surface area contributed by atoms with Crippen LogP contribution in [0.25, 0.3) is 0 Å². The number of phosphoric ester groups is 1. The quantitative estimate of drug-likeness (QED) is 0.148. The number of aliphatic hydroxyl groups excluding tert-OH is 7. The second kappa shape index (κ2) is 36.3. The summed E-state index contributed by atoms with van der Waals surface area (Å²) in [5, 5.41) is 70.1. The van der Waals surface area contributed by atoms with Crippen LogP contribution in [0.4, 0.5) is 0 Å². The number of ether oxygens (including phenoxy) is 5. The standard InChI is InChI=1S/2C11H22O2.C10H21O6P.2C10H20O3.5Ac.2Na/c2*1-7-10(3,4)9(12)11(5,6)8(2)13-7;1-6-9(2,3)7(11)10(4,5)8(15-6)16-17(12,13)14;2*1-6-9(2,3)7(11)10(4,5)8(12)13-6;;;;;;;/h2*7-9,12H,1-6H3;6-8,11H,1-5H3,(H2,12,13,14);2*6-8,11-12H,1-5H3;;;;;;;/q;;;;;;;;;;2*+1/p-2/t2*7-,8?,9?;6?,7-,8+;2*6?,7?,8-;;;;;;;/m11000......./s1. The van der Waals surface area contributed by atoms with Gasteiger partial charge in [0.1, 0.15) is 0 Å². The Bertz CT molecular complexity index is 1470. The van der Waals surface area contributed by atoms with Crippen molar-refractivity contribution in [3.8, 4) is 0 Å². The summed E-state index contributed by atoms with van der Waals surface area (Å²) in [6.07, 6.45) is -5.84. The Morgan fingerprint density at radius 3 is 0.671 bits per heavy atom. The van der Waals surface area contributed by atoms with Crippen LogP contribution in [-0.4, -0.2) is 128 Å². The van der Waals surface area contributed by atoms with E-state index < -0.39 is 72.8 Å². The number of rotatable bonds is 2. The minimum Gasteiger partial charge on any atom is -0.790 e. The second-order valence-electron chi connectivity index (χ2n) is 27.0. The van der Waals surface area contributed by atoms with Crippen LogP contribution >= 0.6 is 7.82 Å². The summed E-state index contributed by atoms with van der Waals surface area (Å²) in [5.74, 6) is 0. The molecule has 9 unspecified atom stereocenters. The molecule has 0 aliphatic carbocycles. The van der Waals surface area contributed by atoms with Gasteiger partial charge in [-0.1, -0.05) is 138 Å². The number of phosphoric acid groups is 1. The Morgan fingerprint density at radius 1 is 0.316 bits per heavy atom. The van der Waals surface area contributed by atoms with Gasteiger partial charge in [0.05, 0.1) is 81.1 Å². The molecule has 5 aliphatic rings. The molecule has 5 rings (SSSR count). The van der Waals surface area contributed by atoms with Crippen molar-refractivity contribution >= 4 is 7.82 Å². The van der Waals surface area contributed by atoms with Gasteiger partial charge < -0.3 is 78.3 Å². The molecular weight excluding hydrogens is 2090 g/mol. The molecule has 5 saturated heterocycles. The summed E-state index contributed by atoms with van der Waals surface area (Å²) in [4.78, 5) is 21.3. The molecule has 7 N–H and O–H groups in total. The molecule has 24 heteroatoms. The first-order chi connectivity index (χ1) is 30.2. The van der Waals surface area contributed by atoms with E-state index in [1.165, 1.54) is 0 Å². The van der Waals surface area contributed by atoms with E-state index in [0.29, 0.717) is 0 Å². The first-order valence-corrected chi connectivity index (χ1v) is 26.4. The van der Waals surface area contributed by atoms with Crippen LogP contribution in [-0.2, 0) is 32.8 Å². The zero-order chi connectivity index (χ0) is 55.4. The predicted octanol–water partition coefficient (Wildman–Crippen LogP) is 0.685. The van der Waals surface area contributed by atoms with Gasteiger partial charge in [0.2, 0.25) is 0 Å². The summed E-state index contributed by atoms with van der Waals surface area (Å²) in [6.45, 7) is 52.0. The Hall–Kier alpha value is 8.84. The molecule has 5 fully saturated rings. The summed E-state index contributed by atoms with van der Waals surface area (Å²) < 4.78 is 42.9. The third-order valence-corrected chi connectivity index (χ3v) is 18.7. The van der Waals surface area contributed by atoms with E-state index in [9.17, 15) is 50.1 Å². The molecule has 0 aromatic rings. The van der Waals surface area contributed by atoms with Crippen molar-refractivity contribution in [1.29, 1.82) is 0 Å². The third-order valence-electron chi connectivity index (χ3n) is 18.3. The molecule has 0 amide bonds. The minimum absolute atomic E-state index is 0. The van der Waals surface area contributed by atoms with E-state index in [2.05, 4.69) is 59.9 Å². The molecule has 5 radical (unpaired) electrons. The minimum atomic E-state index is -5.15. The molecule has 15 atom stereocenters. The maximum Gasteiger partial charge on any atom is 1.00 e. The van der Waals surface area contributed by atoms with E-state index in [4.69, 9.17) is 23.7 Å². The Labute approximate surface area is 685 Å². The average Bonchev–Trinajstić information content (AvgIpc) is 3.19. The molecule has 0 bridgehead atoms. The van der Waals surface area contributed by atoms with Gasteiger partial charge in [0, 0.05) is 274 Å². The van der Waals surface area contributed by atoms with Gasteiger partial charge in [-0.3, -0.25) is 0 Å². The van der Waals surface area contributed by atoms with E-state index in [0.717, 1.165) is 0 Å². The molecule has 0 aromatic carbocycles. The topological polar surface area (TPSA) is 260 Å². The van der Waals surface area contributed by atoms with E-state index in [1.807, 2.05) is 111 Å². The van der Waals surface area contributed by atoms with Crippen molar-refractivity contribution in [1.82, 2.24) is 0 Å². The van der Waals surface area contributed by atoms with Crippen molar-refractivity contribution in [3.05, 3.63) is 0 Å². The van der Waals surface area contributed by atoms with Gasteiger partial charge in [-0.25, -0.2) is 0 Å². The smallest absolute Gasteiger partial charge is 0.790 e. The molecule has 5 aliphatic heterocycles. The van der Waals surface area contributed by atoms with Crippen LogP contribution < -0.4 is 68.9 Å². The van der Waals surface area contributed by atoms with Crippen molar-refractivity contribution in [2.24, 2.45) is 54.1 Å². The van der Waals surface area contributed by atoms with Gasteiger partial charge in [0.15, 0.2) is 18.9 Å². The van der Waals surface area contributed by atoms with Crippen LogP contribution in [0.15, 0.2) is 0 Å². The van der Waals surface area contributed by atoms with Crippen molar-refractivity contribution in [3.63, 3.8) is 0 Å². The Balaban J connectivity index is -0.000000154. The van der Waals surface area contributed by atoms with Gasteiger partial charge in [-0.05, 0) is 48.5 Å². The zero-order valence-corrected chi connectivity index (χ0v) is 81.4. The fourth-order valence-electron chi connectivity index (χ4n) is 9.97. The van der Waals surface area contributed by atoms with Crippen molar-refractivity contribution in [2.75, 3.05) is 0 Å². The fourth-order valence-corrected chi connectivity index (χ4v) is 10.5. The normalized spacial score (nSPS) is 37.8. The third kappa shape index (κ3) is 23.4. The van der Waals surface area contributed by atoms with Gasteiger partial charge in [-0.15, -0.1) is 0 Å². The Kier molecular flexibility index (Phi) is 47.0. The van der Waals surface area contributed by atoms with Gasteiger partial charge in [-0.2, -0.15) is 0 Å². The maximum absolute atomic E-state index is 10.7. The van der Waals surface area contributed by atoms with Crippen LogP contribution in [0.3, 0.4) is 0 Å². The predicted molar refractivity (Wildman–Crippen MR) is 264 cm³/mol. The molecule has 76 heavy (non-hydrogen) atoms. The SMILES string of the molecule is CC1O[C@H](C)C(C)(C)C(O)C1(C)C.CC1O[C@H](C)C(C)(C)C(O)C1(C)C.CC1O[C@H](O)C(C)(C)C(O)C1(C)C.CC1O[C@H](O)C(C)(C)C(O)C1(C)C.CC1O[C@H](OP(=O)([O-])[O-])C(C)(C)[C@@H](O)C1(C)C.[Ac].[Ac].[Ac].[Ac].[Ac].[Na+].[Na+]. The summed E-state index contributed by atoms with van der Waals surface area (Å²) >= 11 is 0.